The molecular formula is C19H28N2OS. The molecule has 0 unspecified atom stereocenters. The summed E-state index contributed by atoms with van der Waals surface area (Å²) in [4.78, 5) is 18.4. The summed E-state index contributed by atoms with van der Waals surface area (Å²) < 4.78 is 0. The molecular weight excluding hydrogens is 304 g/mol. The standard InChI is InChI=1S/C19H28N2OS/c1-11-15(23-17(20-11)18(2,3)4)16(22)21-19-8-12-5-13(9-19)7-14(6-12)10-19/h12-14H,5-10H2,1-4H3,(H,21,22). The summed E-state index contributed by atoms with van der Waals surface area (Å²) in [6.07, 6.45) is 7.83. The van der Waals surface area contributed by atoms with Crippen LogP contribution in [0, 0.1) is 24.7 Å². The zero-order chi connectivity index (χ0) is 16.4. The summed E-state index contributed by atoms with van der Waals surface area (Å²) in [6.45, 7) is 8.45. The SMILES string of the molecule is Cc1nc(C(C)(C)C)sc1C(=O)NC12CC3CC(CC(C3)C1)C2. The molecule has 1 aromatic rings. The zero-order valence-corrected chi connectivity index (χ0v) is 15.6. The first kappa shape index (κ1) is 15.6. The molecule has 23 heavy (non-hydrogen) atoms. The molecule has 0 spiro atoms. The van der Waals surface area contributed by atoms with E-state index >= 15 is 0 Å². The van der Waals surface area contributed by atoms with Crippen LogP contribution in [0.2, 0.25) is 0 Å². The fourth-order valence-electron chi connectivity index (χ4n) is 5.49. The van der Waals surface area contributed by atoms with Crippen LogP contribution >= 0.6 is 11.3 Å². The molecule has 126 valence electrons. The van der Waals surface area contributed by atoms with Crippen molar-refractivity contribution in [3.8, 4) is 0 Å². The molecule has 1 N–H and O–H groups in total. The number of carbonyl (C=O) groups excluding carboxylic acids is 1. The van der Waals surface area contributed by atoms with Gasteiger partial charge in [-0.1, -0.05) is 20.8 Å². The van der Waals surface area contributed by atoms with Crippen molar-refractivity contribution < 1.29 is 4.79 Å². The second-order valence-electron chi connectivity index (χ2n) is 9.34. The molecule has 5 rings (SSSR count). The van der Waals surface area contributed by atoms with Crippen LogP contribution in [-0.4, -0.2) is 16.4 Å². The van der Waals surface area contributed by atoms with Gasteiger partial charge in [-0.3, -0.25) is 4.79 Å². The number of nitrogens with one attached hydrogen (secondary N) is 1. The van der Waals surface area contributed by atoms with Gasteiger partial charge in [-0.2, -0.15) is 0 Å². The van der Waals surface area contributed by atoms with Crippen molar-refractivity contribution >= 4 is 17.2 Å². The van der Waals surface area contributed by atoms with Crippen molar-refractivity contribution in [2.75, 3.05) is 0 Å². The van der Waals surface area contributed by atoms with E-state index in [1.54, 1.807) is 11.3 Å². The molecule has 1 heterocycles. The highest BCUT2D eigenvalue weighted by Gasteiger charge is 2.51. The summed E-state index contributed by atoms with van der Waals surface area (Å²) >= 11 is 1.58. The fraction of sp³-hybridized carbons (Fsp3) is 0.789. The van der Waals surface area contributed by atoms with Gasteiger partial charge in [0.1, 0.15) is 4.88 Å². The Hall–Kier alpha value is -0.900. The summed E-state index contributed by atoms with van der Waals surface area (Å²) in [5.74, 6) is 2.69. The van der Waals surface area contributed by atoms with Gasteiger partial charge in [0.15, 0.2) is 0 Å². The van der Waals surface area contributed by atoms with Gasteiger partial charge in [-0.05, 0) is 63.2 Å². The lowest BCUT2D eigenvalue weighted by molar-refractivity contribution is -0.0166. The van der Waals surface area contributed by atoms with Crippen LogP contribution < -0.4 is 5.32 Å². The van der Waals surface area contributed by atoms with Gasteiger partial charge in [0.2, 0.25) is 0 Å². The van der Waals surface area contributed by atoms with Gasteiger partial charge in [0.25, 0.3) is 5.91 Å². The first-order valence-electron chi connectivity index (χ1n) is 9.04. The number of aryl methyl sites for hydroxylation is 1. The van der Waals surface area contributed by atoms with Crippen LogP contribution in [0.4, 0.5) is 0 Å². The minimum absolute atomic E-state index is 0.00857. The minimum Gasteiger partial charge on any atom is -0.346 e. The number of rotatable bonds is 2. The van der Waals surface area contributed by atoms with E-state index < -0.39 is 0 Å². The molecule has 0 atom stereocenters. The van der Waals surface area contributed by atoms with Gasteiger partial charge < -0.3 is 5.32 Å². The first-order chi connectivity index (χ1) is 10.7. The molecule has 0 saturated heterocycles. The monoisotopic (exact) mass is 332 g/mol. The zero-order valence-electron chi connectivity index (χ0n) is 14.7. The second-order valence-corrected chi connectivity index (χ2v) is 10.3. The smallest absolute Gasteiger partial charge is 0.263 e. The van der Waals surface area contributed by atoms with E-state index in [0.717, 1.165) is 33.3 Å². The summed E-state index contributed by atoms with van der Waals surface area (Å²) in [5.41, 5.74) is 0.987. The number of hydrogen-bond acceptors (Lipinski definition) is 3. The molecule has 0 radical (unpaired) electrons. The van der Waals surface area contributed by atoms with Crippen LogP contribution in [0.15, 0.2) is 0 Å². The maximum atomic E-state index is 12.9. The third-order valence-corrected chi connectivity index (χ3v) is 7.64. The predicted molar refractivity (Wildman–Crippen MR) is 93.9 cm³/mol. The van der Waals surface area contributed by atoms with Gasteiger partial charge in [-0.15, -0.1) is 11.3 Å². The molecule has 1 aromatic heterocycles. The molecule has 0 aromatic carbocycles. The van der Waals surface area contributed by atoms with Gasteiger partial charge >= 0.3 is 0 Å². The number of carbonyl (C=O) groups is 1. The number of nitrogens with zero attached hydrogens (tertiary/aromatic N) is 1. The molecule has 4 bridgehead atoms. The van der Waals surface area contributed by atoms with Crippen molar-refractivity contribution in [2.45, 2.75) is 77.2 Å². The van der Waals surface area contributed by atoms with Crippen molar-refractivity contribution in [2.24, 2.45) is 17.8 Å². The Kier molecular flexibility index (Phi) is 3.43. The third kappa shape index (κ3) is 2.73. The highest BCUT2D eigenvalue weighted by Crippen LogP contribution is 2.55. The van der Waals surface area contributed by atoms with Gasteiger partial charge in [-0.25, -0.2) is 4.98 Å². The molecule has 1 amide bonds. The van der Waals surface area contributed by atoms with Crippen molar-refractivity contribution in [1.29, 1.82) is 0 Å². The highest BCUT2D eigenvalue weighted by molar-refractivity contribution is 7.14. The predicted octanol–water partition coefficient (Wildman–Crippen LogP) is 4.45. The molecule has 4 aliphatic carbocycles. The topological polar surface area (TPSA) is 42.0 Å². The fourth-order valence-corrected chi connectivity index (χ4v) is 6.51. The third-order valence-electron chi connectivity index (χ3n) is 6.06. The van der Waals surface area contributed by atoms with E-state index in [-0.39, 0.29) is 16.9 Å². The lowest BCUT2D eigenvalue weighted by Crippen LogP contribution is -2.59. The largest absolute Gasteiger partial charge is 0.346 e. The average molecular weight is 333 g/mol. The Labute approximate surface area is 143 Å². The maximum absolute atomic E-state index is 12.9. The van der Waals surface area contributed by atoms with Gasteiger partial charge in [0.05, 0.1) is 10.7 Å². The Morgan fingerprint density at radius 2 is 1.65 bits per heavy atom. The molecule has 3 nitrogen and oxygen atoms in total. The van der Waals surface area contributed by atoms with Crippen molar-refractivity contribution in [3.63, 3.8) is 0 Å². The van der Waals surface area contributed by atoms with Crippen LogP contribution in [0.1, 0.15) is 79.7 Å². The first-order valence-corrected chi connectivity index (χ1v) is 9.86. The number of hydrogen-bond donors (Lipinski definition) is 1. The Morgan fingerprint density at radius 3 is 2.09 bits per heavy atom. The molecule has 0 aliphatic heterocycles. The number of aromatic nitrogens is 1. The normalized spacial score (nSPS) is 35.6. The lowest BCUT2D eigenvalue weighted by Gasteiger charge is -2.56. The van der Waals surface area contributed by atoms with E-state index in [2.05, 4.69) is 31.1 Å². The van der Waals surface area contributed by atoms with Crippen molar-refractivity contribution in [3.05, 3.63) is 15.6 Å². The lowest BCUT2D eigenvalue weighted by atomic mass is 9.53. The van der Waals surface area contributed by atoms with Crippen LogP contribution in [0.3, 0.4) is 0 Å². The van der Waals surface area contributed by atoms with Crippen LogP contribution in [0.5, 0.6) is 0 Å². The van der Waals surface area contributed by atoms with Gasteiger partial charge in [0, 0.05) is 11.0 Å². The van der Waals surface area contributed by atoms with Crippen LogP contribution in [0.25, 0.3) is 0 Å². The quantitative estimate of drug-likeness (QED) is 0.869. The molecule has 4 aliphatic rings. The Morgan fingerprint density at radius 1 is 1.13 bits per heavy atom. The number of thiazole rings is 1. The Balaban J connectivity index is 1.56. The highest BCUT2D eigenvalue weighted by atomic mass is 32.1. The number of amides is 1. The average Bonchev–Trinajstić information content (AvgIpc) is 2.78. The Bertz CT molecular complexity index is 605. The molecule has 4 heteroatoms. The molecule has 4 fully saturated rings. The van der Waals surface area contributed by atoms with Crippen molar-refractivity contribution in [1.82, 2.24) is 10.3 Å². The van der Waals surface area contributed by atoms with E-state index in [9.17, 15) is 4.79 Å². The van der Waals surface area contributed by atoms with E-state index in [0.29, 0.717) is 0 Å². The summed E-state index contributed by atoms with van der Waals surface area (Å²) in [5, 5.41) is 4.54. The maximum Gasteiger partial charge on any atom is 0.263 e. The minimum atomic E-state index is 0.00857. The van der Waals surface area contributed by atoms with E-state index in [1.165, 1.54) is 38.5 Å². The second kappa shape index (κ2) is 5.05. The van der Waals surface area contributed by atoms with Crippen LogP contribution in [-0.2, 0) is 5.41 Å². The summed E-state index contributed by atoms with van der Waals surface area (Å²) in [7, 11) is 0. The summed E-state index contributed by atoms with van der Waals surface area (Å²) in [6, 6.07) is 0. The van der Waals surface area contributed by atoms with E-state index in [1.807, 2.05) is 6.92 Å². The molecule has 4 saturated carbocycles. The van der Waals surface area contributed by atoms with E-state index in [4.69, 9.17) is 0 Å².